The predicted molar refractivity (Wildman–Crippen MR) is 69.1 cm³/mol. The minimum absolute atomic E-state index is 0.0532. The zero-order valence-corrected chi connectivity index (χ0v) is 10.5. The van der Waals surface area contributed by atoms with E-state index in [4.69, 9.17) is 9.47 Å². The summed E-state index contributed by atoms with van der Waals surface area (Å²) in [5.74, 6) is 0.728. The standard InChI is InChI=1S/C14H15NO3/c1-17-9-7-12(16)10-5-6-13(18-2)14-11(10)4-3-8-15-14/h3-6,8H,7,9H2,1-2H3. The molecule has 4 nitrogen and oxygen atoms in total. The van der Waals surface area contributed by atoms with Gasteiger partial charge >= 0.3 is 0 Å². The van der Waals surface area contributed by atoms with Crippen molar-refractivity contribution in [3.8, 4) is 5.75 Å². The minimum Gasteiger partial charge on any atom is -0.494 e. The Bertz CT molecular complexity index is 566. The number of fused-ring (bicyclic) bond motifs is 1. The molecule has 1 aromatic heterocycles. The lowest BCUT2D eigenvalue weighted by Crippen LogP contribution is -2.04. The van der Waals surface area contributed by atoms with Crippen LogP contribution in [0, 0.1) is 0 Å². The summed E-state index contributed by atoms with van der Waals surface area (Å²) in [6.45, 7) is 0.423. The first-order valence-electron chi connectivity index (χ1n) is 5.71. The van der Waals surface area contributed by atoms with Gasteiger partial charge in [-0.1, -0.05) is 6.07 Å². The van der Waals surface area contributed by atoms with Crippen LogP contribution in [0.15, 0.2) is 30.5 Å². The molecule has 0 aliphatic carbocycles. The number of nitrogens with zero attached hydrogens (tertiary/aromatic N) is 1. The molecule has 0 fully saturated rings. The van der Waals surface area contributed by atoms with Crippen molar-refractivity contribution in [2.45, 2.75) is 6.42 Å². The molecular formula is C14H15NO3. The predicted octanol–water partition coefficient (Wildman–Crippen LogP) is 2.46. The number of benzene rings is 1. The van der Waals surface area contributed by atoms with Crippen LogP contribution in [0.5, 0.6) is 5.75 Å². The number of methoxy groups -OCH3 is 2. The molecule has 2 rings (SSSR count). The lowest BCUT2D eigenvalue weighted by molar-refractivity contribution is 0.0934. The number of hydrogen-bond donors (Lipinski definition) is 0. The number of carbonyl (C=O) groups is 1. The first-order chi connectivity index (χ1) is 8.77. The second-order valence-corrected chi connectivity index (χ2v) is 3.88. The molecular weight excluding hydrogens is 230 g/mol. The average molecular weight is 245 g/mol. The Balaban J connectivity index is 2.49. The SMILES string of the molecule is COCCC(=O)c1ccc(OC)c2ncccc12. The second kappa shape index (κ2) is 5.60. The molecule has 0 aliphatic heterocycles. The third kappa shape index (κ3) is 2.33. The smallest absolute Gasteiger partial charge is 0.165 e. The van der Waals surface area contributed by atoms with Gasteiger partial charge in [0.05, 0.1) is 13.7 Å². The molecule has 0 spiro atoms. The van der Waals surface area contributed by atoms with E-state index >= 15 is 0 Å². The van der Waals surface area contributed by atoms with Gasteiger partial charge in [0.15, 0.2) is 5.78 Å². The first-order valence-corrected chi connectivity index (χ1v) is 5.71. The lowest BCUT2D eigenvalue weighted by Gasteiger charge is -2.08. The highest BCUT2D eigenvalue weighted by molar-refractivity contribution is 6.08. The summed E-state index contributed by atoms with van der Waals surface area (Å²) in [5.41, 5.74) is 1.37. The number of carbonyl (C=O) groups excluding carboxylic acids is 1. The number of hydrogen-bond acceptors (Lipinski definition) is 4. The third-order valence-corrected chi connectivity index (χ3v) is 2.79. The fourth-order valence-corrected chi connectivity index (χ4v) is 1.88. The number of Topliss-reactive ketones (excluding diaryl/α,β-unsaturated/α-hetero) is 1. The summed E-state index contributed by atoms with van der Waals surface area (Å²) in [4.78, 5) is 16.3. The Morgan fingerprint density at radius 2 is 2.11 bits per heavy atom. The first kappa shape index (κ1) is 12.5. The topological polar surface area (TPSA) is 48.4 Å². The highest BCUT2D eigenvalue weighted by atomic mass is 16.5. The fourth-order valence-electron chi connectivity index (χ4n) is 1.88. The van der Waals surface area contributed by atoms with Crippen LogP contribution in [-0.4, -0.2) is 31.6 Å². The largest absolute Gasteiger partial charge is 0.494 e. The van der Waals surface area contributed by atoms with Crippen LogP contribution in [0.2, 0.25) is 0 Å². The maximum absolute atomic E-state index is 12.1. The molecule has 0 aliphatic rings. The van der Waals surface area contributed by atoms with Crippen molar-refractivity contribution in [2.24, 2.45) is 0 Å². The Labute approximate surface area is 106 Å². The van der Waals surface area contributed by atoms with E-state index in [9.17, 15) is 4.79 Å². The Morgan fingerprint density at radius 1 is 1.28 bits per heavy atom. The van der Waals surface area contributed by atoms with Crippen LogP contribution in [0.4, 0.5) is 0 Å². The summed E-state index contributed by atoms with van der Waals surface area (Å²) in [6, 6.07) is 7.25. The zero-order valence-electron chi connectivity index (χ0n) is 10.5. The third-order valence-electron chi connectivity index (χ3n) is 2.79. The van der Waals surface area contributed by atoms with Gasteiger partial charge < -0.3 is 9.47 Å². The molecule has 0 unspecified atom stereocenters. The molecule has 0 radical (unpaired) electrons. The normalized spacial score (nSPS) is 10.6. The summed E-state index contributed by atoms with van der Waals surface area (Å²) in [6.07, 6.45) is 2.06. The van der Waals surface area contributed by atoms with Crippen LogP contribution in [0.1, 0.15) is 16.8 Å². The number of aromatic nitrogens is 1. The van der Waals surface area contributed by atoms with Gasteiger partial charge in [-0.2, -0.15) is 0 Å². The summed E-state index contributed by atoms with van der Waals surface area (Å²) >= 11 is 0. The van der Waals surface area contributed by atoms with E-state index in [0.29, 0.717) is 29.9 Å². The molecule has 2 aromatic rings. The second-order valence-electron chi connectivity index (χ2n) is 3.88. The molecule has 0 atom stereocenters. The summed E-state index contributed by atoms with van der Waals surface area (Å²) in [5, 5.41) is 0.818. The quantitative estimate of drug-likeness (QED) is 0.759. The average Bonchev–Trinajstić information content (AvgIpc) is 2.43. The maximum Gasteiger partial charge on any atom is 0.165 e. The minimum atomic E-state index is 0.0532. The summed E-state index contributed by atoms with van der Waals surface area (Å²) < 4.78 is 10.2. The van der Waals surface area contributed by atoms with Gasteiger partial charge in [-0.3, -0.25) is 9.78 Å². The number of rotatable bonds is 5. The van der Waals surface area contributed by atoms with Gasteiger partial charge in [0.1, 0.15) is 11.3 Å². The van der Waals surface area contributed by atoms with Crippen molar-refractivity contribution in [3.05, 3.63) is 36.0 Å². The van der Waals surface area contributed by atoms with E-state index in [0.717, 1.165) is 5.39 Å². The van der Waals surface area contributed by atoms with Gasteiger partial charge in [-0.05, 0) is 18.2 Å². The van der Waals surface area contributed by atoms with Gasteiger partial charge in [0.25, 0.3) is 0 Å². The van der Waals surface area contributed by atoms with E-state index < -0.39 is 0 Å². The van der Waals surface area contributed by atoms with Crippen molar-refractivity contribution in [1.29, 1.82) is 0 Å². The van der Waals surface area contributed by atoms with Crippen molar-refractivity contribution < 1.29 is 14.3 Å². The molecule has 0 N–H and O–H groups in total. The van der Waals surface area contributed by atoms with Crippen molar-refractivity contribution in [3.63, 3.8) is 0 Å². The summed E-state index contributed by atoms with van der Waals surface area (Å²) in [7, 11) is 3.18. The van der Waals surface area contributed by atoms with Gasteiger partial charge in [0, 0.05) is 30.7 Å². The molecule has 1 heterocycles. The maximum atomic E-state index is 12.1. The van der Waals surface area contributed by atoms with Crippen molar-refractivity contribution in [1.82, 2.24) is 4.98 Å². The van der Waals surface area contributed by atoms with E-state index in [-0.39, 0.29) is 5.78 Å². The van der Waals surface area contributed by atoms with Crippen LogP contribution < -0.4 is 4.74 Å². The highest BCUT2D eigenvalue weighted by Crippen LogP contribution is 2.27. The van der Waals surface area contributed by atoms with E-state index in [1.807, 2.05) is 12.1 Å². The van der Waals surface area contributed by atoms with Crippen molar-refractivity contribution >= 4 is 16.7 Å². The highest BCUT2D eigenvalue weighted by Gasteiger charge is 2.13. The molecule has 18 heavy (non-hydrogen) atoms. The number of ketones is 1. The fraction of sp³-hybridized carbons (Fsp3) is 0.286. The Kier molecular flexibility index (Phi) is 3.89. The molecule has 94 valence electrons. The molecule has 0 saturated heterocycles. The van der Waals surface area contributed by atoms with Crippen LogP contribution in [0.25, 0.3) is 10.9 Å². The van der Waals surface area contributed by atoms with Gasteiger partial charge in [-0.25, -0.2) is 0 Å². The zero-order chi connectivity index (χ0) is 13.0. The van der Waals surface area contributed by atoms with Crippen LogP contribution >= 0.6 is 0 Å². The van der Waals surface area contributed by atoms with E-state index in [1.165, 1.54) is 0 Å². The van der Waals surface area contributed by atoms with Gasteiger partial charge in [-0.15, -0.1) is 0 Å². The molecule has 0 bridgehead atoms. The Hall–Kier alpha value is -1.94. The van der Waals surface area contributed by atoms with Gasteiger partial charge in [0.2, 0.25) is 0 Å². The van der Waals surface area contributed by atoms with E-state index in [2.05, 4.69) is 4.98 Å². The van der Waals surface area contributed by atoms with E-state index in [1.54, 1.807) is 32.5 Å². The van der Waals surface area contributed by atoms with Crippen LogP contribution in [-0.2, 0) is 4.74 Å². The Morgan fingerprint density at radius 3 is 2.83 bits per heavy atom. The van der Waals surface area contributed by atoms with Crippen LogP contribution in [0.3, 0.4) is 0 Å². The van der Waals surface area contributed by atoms with Crippen molar-refractivity contribution in [2.75, 3.05) is 20.8 Å². The molecule has 0 amide bonds. The lowest BCUT2D eigenvalue weighted by atomic mass is 10.0. The number of pyridine rings is 1. The molecule has 4 heteroatoms. The molecule has 1 aromatic carbocycles. The monoisotopic (exact) mass is 245 g/mol. The molecule has 0 saturated carbocycles. The number of ether oxygens (including phenoxy) is 2.